The van der Waals surface area contributed by atoms with Gasteiger partial charge in [0, 0.05) is 18.3 Å². The summed E-state index contributed by atoms with van der Waals surface area (Å²) in [6, 6.07) is 5.27. The van der Waals surface area contributed by atoms with Crippen LogP contribution in [0, 0.1) is 17.0 Å². The van der Waals surface area contributed by atoms with Gasteiger partial charge in [-0.3, -0.25) is 14.9 Å². The molecule has 0 unspecified atom stereocenters. The molecule has 108 valence electrons. The molecule has 0 saturated carbocycles. The van der Waals surface area contributed by atoms with Gasteiger partial charge in [0.1, 0.15) is 0 Å². The van der Waals surface area contributed by atoms with E-state index in [2.05, 4.69) is 10.3 Å². The average Bonchev–Trinajstić information content (AvgIpc) is 2.42. The molecule has 0 aliphatic heterocycles. The first-order chi connectivity index (χ1) is 9.88. The van der Waals surface area contributed by atoms with Gasteiger partial charge in [0.15, 0.2) is 5.15 Å². The molecule has 8 heteroatoms. The number of non-ortho nitro benzene ring substituents is 1. The van der Waals surface area contributed by atoms with Crippen LogP contribution in [-0.2, 0) is 0 Å². The Balaban J connectivity index is 2.28. The van der Waals surface area contributed by atoms with Crippen LogP contribution < -0.4 is 5.32 Å². The average molecular weight is 326 g/mol. The molecule has 6 nitrogen and oxygen atoms in total. The minimum atomic E-state index is -0.588. The lowest BCUT2D eigenvalue weighted by atomic mass is 10.2. The number of aryl methyl sites for hydroxylation is 1. The number of carbonyl (C=O) groups is 1. The van der Waals surface area contributed by atoms with Crippen LogP contribution in [0.25, 0.3) is 0 Å². The van der Waals surface area contributed by atoms with E-state index in [1.807, 2.05) is 0 Å². The Morgan fingerprint density at radius 1 is 1.33 bits per heavy atom. The van der Waals surface area contributed by atoms with Crippen LogP contribution in [0.2, 0.25) is 10.2 Å². The standard InChI is InChI=1S/C13H9Cl2N3O3/c1-7-4-11(12(15)16-6-7)17-13(19)9-3-2-8(18(20)21)5-10(9)14/h2-6H,1H3,(H,17,19). The Morgan fingerprint density at radius 3 is 2.67 bits per heavy atom. The van der Waals surface area contributed by atoms with Crippen LogP contribution in [-0.4, -0.2) is 15.8 Å². The Kier molecular flexibility index (Phi) is 4.40. The van der Waals surface area contributed by atoms with Crippen molar-refractivity contribution >= 4 is 40.5 Å². The van der Waals surface area contributed by atoms with Gasteiger partial charge in [0.2, 0.25) is 0 Å². The van der Waals surface area contributed by atoms with Crippen LogP contribution in [0.1, 0.15) is 15.9 Å². The maximum absolute atomic E-state index is 12.1. The second-order valence-electron chi connectivity index (χ2n) is 4.23. The van der Waals surface area contributed by atoms with Crippen molar-refractivity contribution in [1.29, 1.82) is 0 Å². The van der Waals surface area contributed by atoms with Gasteiger partial charge >= 0.3 is 0 Å². The largest absolute Gasteiger partial charge is 0.319 e. The first-order valence-electron chi connectivity index (χ1n) is 5.76. The fourth-order valence-corrected chi connectivity index (χ4v) is 2.04. The van der Waals surface area contributed by atoms with Crippen LogP contribution in [0.5, 0.6) is 0 Å². The van der Waals surface area contributed by atoms with E-state index in [9.17, 15) is 14.9 Å². The number of halogens is 2. The Bertz CT molecular complexity index is 735. The highest BCUT2D eigenvalue weighted by atomic mass is 35.5. The molecule has 2 aromatic rings. The molecule has 0 aliphatic rings. The molecule has 0 aliphatic carbocycles. The molecule has 0 bridgehead atoms. The summed E-state index contributed by atoms with van der Waals surface area (Å²) in [4.78, 5) is 26.1. The number of aromatic nitrogens is 1. The predicted molar refractivity (Wildman–Crippen MR) is 80.0 cm³/mol. The Morgan fingerprint density at radius 2 is 2.05 bits per heavy atom. The van der Waals surface area contributed by atoms with E-state index >= 15 is 0 Å². The molecular weight excluding hydrogens is 317 g/mol. The molecule has 0 radical (unpaired) electrons. The van der Waals surface area contributed by atoms with Crippen molar-refractivity contribution in [2.75, 3.05) is 5.32 Å². The van der Waals surface area contributed by atoms with Crippen molar-refractivity contribution in [2.24, 2.45) is 0 Å². The van der Waals surface area contributed by atoms with E-state index < -0.39 is 10.8 Å². The number of benzene rings is 1. The van der Waals surface area contributed by atoms with Crippen LogP contribution in [0.15, 0.2) is 30.5 Å². The van der Waals surface area contributed by atoms with Crippen molar-refractivity contribution in [3.63, 3.8) is 0 Å². The van der Waals surface area contributed by atoms with Gasteiger partial charge in [0.05, 0.1) is 21.2 Å². The summed E-state index contributed by atoms with van der Waals surface area (Å²) in [7, 11) is 0. The zero-order chi connectivity index (χ0) is 15.6. The van der Waals surface area contributed by atoms with Gasteiger partial charge < -0.3 is 5.32 Å². The molecule has 0 saturated heterocycles. The number of carbonyl (C=O) groups excluding carboxylic acids is 1. The van der Waals surface area contributed by atoms with E-state index in [1.54, 1.807) is 19.2 Å². The highest BCUT2D eigenvalue weighted by Crippen LogP contribution is 2.25. The fourth-order valence-electron chi connectivity index (χ4n) is 1.63. The van der Waals surface area contributed by atoms with Crippen molar-refractivity contribution in [3.05, 3.63) is 61.9 Å². The molecule has 1 aromatic carbocycles. The highest BCUT2D eigenvalue weighted by molar-refractivity contribution is 6.35. The van der Waals surface area contributed by atoms with E-state index in [0.717, 1.165) is 11.6 Å². The summed E-state index contributed by atoms with van der Waals surface area (Å²) in [6.07, 6.45) is 1.57. The Hall–Kier alpha value is -2.18. The topological polar surface area (TPSA) is 85.1 Å². The summed E-state index contributed by atoms with van der Waals surface area (Å²) >= 11 is 11.8. The van der Waals surface area contributed by atoms with Crippen LogP contribution >= 0.6 is 23.2 Å². The lowest BCUT2D eigenvalue weighted by molar-refractivity contribution is -0.384. The van der Waals surface area contributed by atoms with E-state index in [4.69, 9.17) is 23.2 Å². The first kappa shape index (κ1) is 15.2. The summed E-state index contributed by atoms with van der Waals surface area (Å²) in [5.41, 5.74) is 1.09. The van der Waals surface area contributed by atoms with E-state index in [-0.39, 0.29) is 21.4 Å². The van der Waals surface area contributed by atoms with Crippen LogP contribution in [0.4, 0.5) is 11.4 Å². The molecule has 1 heterocycles. The molecular formula is C13H9Cl2N3O3. The van der Waals surface area contributed by atoms with Gasteiger partial charge in [-0.2, -0.15) is 0 Å². The van der Waals surface area contributed by atoms with Crippen LogP contribution in [0.3, 0.4) is 0 Å². The van der Waals surface area contributed by atoms with Crippen molar-refractivity contribution in [1.82, 2.24) is 4.98 Å². The second-order valence-corrected chi connectivity index (χ2v) is 4.99. The number of nitro benzene ring substituents is 1. The molecule has 1 N–H and O–H groups in total. The number of nitro groups is 1. The fraction of sp³-hybridized carbons (Fsp3) is 0.0769. The van der Waals surface area contributed by atoms with Gasteiger partial charge in [-0.05, 0) is 24.6 Å². The zero-order valence-corrected chi connectivity index (χ0v) is 12.3. The lowest BCUT2D eigenvalue weighted by Gasteiger charge is -2.08. The molecule has 1 aromatic heterocycles. The van der Waals surface area contributed by atoms with Crippen molar-refractivity contribution < 1.29 is 9.72 Å². The third-order valence-corrected chi connectivity index (χ3v) is 3.25. The predicted octanol–water partition coefficient (Wildman–Crippen LogP) is 3.86. The minimum absolute atomic E-state index is 0.0153. The van der Waals surface area contributed by atoms with Gasteiger partial charge in [-0.1, -0.05) is 23.2 Å². The molecule has 0 fully saturated rings. The Labute approximate surface area is 129 Å². The number of nitrogens with zero attached hydrogens (tertiary/aromatic N) is 2. The monoisotopic (exact) mass is 325 g/mol. The van der Waals surface area contributed by atoms with Crippen molar-refractivity contribution in [3.8, 4) is 0 Å². The number of nitrogens with one attached hydrogen (secondary N) is 1. The maximum Gasteiger partial charge on any atom is 0.270 e. The summed E-state index contributed by atoms with van der Waals surface area (Å²) < 4.78 is 0. The quantitative estimate of drug-likeness (QED) is 0.527. The summed E-state index contributed by atoms with van der Waals surface area (Å²) in [5, 5.41) is 13.3. The van der Waals surface area contributed by atoms with Gasteiger partial charge in [-0.15, -0.1) is 0 Å². The first-order valence-corrected chi connectivity index (χ1v) is 6.51. The van der Waals surface area contributed by atoms with Crippen molar-refractivity contribution in [2.45, 2.75) is 6.92 Å². The number of hydrogen-bond acceptors (Lipinski definition) is 4. The normalized spacial score (nSPS) is 10.2. The molecule has 0 atom stereocenters. The number of amides is 1. The smallest absolute Gasteiger partial charge is 0.270 e. The third kappa shape index (κ3) is 3.48. The maximum atomic E-state index is 12.1. The zero-order valence-electron chi connectivity index (χ0n) is 10.8. The third-order valence-electron chi connectivity index (χ3n) is 2.63. The van der Waals surface area contributed by atoms with Gasteiger partial charge in [-0.25, -0.2) is 4.98 Å². The number of rotatable bonds is 3. The second kappa shape index (κ2) is 6.07. The van der Waals surface area contributed by atoms with E-state index in [1.165, 1.54) is 12.1 Å². The number of anilines is 1. The lowest BCUT2D eigenvalue weighted by Crippen LogP contribution is -2.13. The molecule has 0 spiro atoms. The number of hydrogen-bond donors (Lipinski definition) is 1. The number of pyridine rings is 1. The van der Waals surface area contributed by atoms with E-state index in [0.29, 0.717) is 5.69 Å². The molecule has 21 heavy (non-hydrogen) atoms. The summed E-state index contributed by atoms with van der Waals surface area (Å²) in [5.74, 6) is -0.524. The SMILES string of the molecule is Cc1cnc(Cl)c(NC(=O)c2ccc([N+](=O)[O-])cc2Cl)c1. The van der Waals surface area contributed by atoms with Gasteiger partial charge in [0.25, 0.3) is 11.6 Å². The highest BCUT2D eigenvalue weighted by Gasteiger charge is 2.16. The minimum Gasteiger partial charge on any atom is -0.319 e. The molecule has 2 rings (SSSR count). The molecule has 1 amide bonds. The summed E-state index contributed by atoms with van der Waals surface area (Å²) in [6.45, 7) is 1.80.